The van der Waals surface area contributed by atoms with Crippen molar-refractivity contribution in [3.8, 4) is 0 Å². The van der Waals surface area contributed by atoms with Crippen molar-refractivity contribution in [2.24, 2.45) is 0 Å². The van der Waals surface area contributed by atoms with E-state index < -0.39 is 10.0 Å². The van der Waals surface area contributed by atoms with Crippen LogP contribution in [0.1, 0.15) is 49.5 Å². The number of benzene rings is 1. The van der Waals surface area contributed by atoms with E-state index in [0.717, 1.165) is 12.8 Å². The third-order valence-electron chi connectivity index (χ3n) is 5.48. The topological polar surface area (TPSA) is 106 Å². The van der Waals surface area contributed by atoms with E-state index in [4.69, 9.17) is 4.42 Å². The third kappa shape index (κ3) is 5.54. The van der Waals surface area contributed by atoms with E-state index in [2.05, 4.69) is 15.1 Å². The molecule has 1 fully saturated rings. The Morgan fingerprint density at radius 1 is 1.12 bits per heavy atom. The van der Waals surface area contributed by atoms with Crippen molar-refractivity contribution < 1.29 is 17.6 Å². The molecule has 9 heteroatoms. The maximum atomic E-state index is 12.4. The molecular formula is C23H26N4O4S. The van der Waals surface area contributed by atoms with E-state index in [1.165, 1.54) is 43.7 Å². The smallest absolute Gasteiger partial charge is 0.249 e. The molecule has 4 rings (SSSR count). The number of amides is 1. The number of aromatic nitrogens is 2. The van der Waals surface area contributed by atoms with Gasteiger partial charge in [0.1, 0.15) is 11.6 Å². The van der Waals surface area contributed by atoms with Gasteiger partial charge in [-0.25, -0.2) is 17.8 Å². The molecule has 1 aliphatic rings. The number of anilines is 1. The minimum atomic E-state index is -3.66. The fraction of sp³-hybridized carbons (Fsp3) is 0.304. The van der Waals surface area contributed by atoms with Gasteiger partial charge in [0.2, 0.25) is 15.9 Å². The number of nitrogens with one attached hydrogen (secondary N) is 2. The van der Waals surface area contributed by atoms with Crippen LogP contribution in [0, 0.1) is 0 Å². The summed E-state index contributed by atoms with van der Waals surface area (Å²) < 4.78 is 34.3. The molecule has 1 saturated carbocycles. The molecule has 168 valence electrons. The summed E-state index contributed by atoms with van der Waals surface area (Å²) in [7, 11) is -3.66. The summed E-state index contributed by atoms with van der Waals surface area (Å²) >= 11 is 0. The standard InChI is InChI=1S/C23H26N4O4S/c28-23(26-22-14-15-24-27(22)19-5-2-1-3-6-19)13-10-18-8-11-21(12-9-18)32(29,30)25-17-20-7-4-16-31-20/h4,7-16,19,25H,1-3,5-6,17H2,(H,26,28)/b13-10+. The predicted molar refractivity (Wildman–Crippen MR) is 121 cm³/mol. The molecule has 2 N–H and O–H groups in total. The van der Waals surface area contributed by atoms with Gasteiger partial charge in [0, 0.05) is 12.1 Å². The van der Waals surface area contributed by atoms with Crippen LogP contribution in [0.2, 0.25) is 0 Å². The summed E-state index contributed by atoms with van der Waals surface area (Å²) in [5.74, 6) is 0.957. The van der Waals surface area contributed by atoms with Crippen LogP contribution >= 0.6 is 0 Å². The Kier molecular flexibility index (Phi) is 6.87. The Labute approximate surface area is 187 Å². The molecule has 0 atom stereocenters. The Balaban J connectivity index is 1.34. The van der Waals surface area contributed by atoms with Gasteiger partial charge in [-0.15, -0.1) is 0 Å². The van der Waals surface area contributed by atoms with E-state index in [1.807, 2.05) is 4.68 Å². The quantitative estimate of drug-likeness (QED) is 0.498. The summed E-state index contributed by atoms with van der Waals surface area (Å²) in [5, 5.41) is 7.27. The monoisotopic (exact) mass is 454 g/mol. The number of carbonyl (C=O) groups excluding carboxylic acids is 1. The summed E-state index contributed by atoms with van der Waals surface area (Å²) in [6.07, 6.45) is 12.0. The van der Waals surface area contributed by atoms with Gasteiger partial charge in [-0.3, -0.25) is 4.79 Å². The van der Waals surface area contributed by atoms with Crippen LogP contribution < -0.4 is 10.0 Å². The Morgan fingerprint density at radius 3 is 2.62 bits per heavy atom. The highest BCUT2D eigenvalue weighted by atomic mass is 32.2. The lowest BCUT2D eigenvalue weighted by Gasteiger charge is -2.23. The van der Waals surface area contributed by atoms with Gasteiger partial charge >= 0.3 is 0 Å². The molecular weight excluding hydrogens is 428 g/mol. The first kappa shape index (κ1) is 22.0. The SMILES string of the molecule is O=C(/C=C/c1ccc(S(=O)(=O)NCc2ccco2)cc1)Nc1ccnn1C1CCCCC1. The normalized spacial score (nSPS) is 15.2. The van der Waals surface area contributed by atoms with E-state index >= 15 is 0 Å². The first-order chi connectivity index (χ1) is 15.5. The first-order valence-corrected chi connectivity index (χ1v) is 12.1. The fourth-order valence-electron chi connectivity index (χ4n) is 3.79. The Hall–Kier alpha value is -3.17. The van der Waals surface area contributed by atoms with Gasteiger partial charge in [0.05, 0.1) is 29.9 Å². The molecule has 32 heavy (non-hydrogen) atoms. The molecule has 1 aliphatic carbocycles. The zero-order valence-electron chi connectivity index (χ0n) is 17.6. The van der Waals surface area contributed by atoms with Gasteiger partial charge in [-0.1, -0.05) is 31.4 Å². The molecule has 2 heterocycles. The maximum Gasteiger partial charge on any atom is 0.249 e. The largest absolute Gasteiger partial charge is 0.468 e. The number of rotatable bonds is 8. The number of carbonyl (C=O) groups is 1. The van der Waals surface area contributed by atoms with Gasteiger partial charge in [-0.2, -0.15) is 5.10 Å². The molecule has 8 nitrogen and oxygen atoms in total. The van der Waals surface area contributed by atoms with Crippen molar-refractivity contribution in [3.05, 3.63) is 72.3 Å². The maximum absolute atomic E-state index is 12.4. The van der Waals surface area contributed by atoms with Crippen LogP contribution in [-0.2, 0) is 21.4 Å². The highest BCUT2D eigenvalue weighted by Crippen LogP contribution is 2.29. The van der Waals surface area contributed by atoms with Crippen LogP contribution in [0.15, 0.2) is 70.3 Å². The zero-order chi connectivity index (χ0) is 22.4. The van der Waals surface area contributed by atoms with Crippen molar-refractivity contribution in [3.63, 3.8) is 0 Å². The average molecular weight is 455 g/mol. The van der Waals surface area contributed by atoms with Crippen LogP contribution in [0.25, 0.3) is 6.08 Å². The zero-order valence-corrected chi connectivity index (χ0v) is 18.4. The van der Waals surface area contributed by atoms with Crippen LogP contribution in [0.5, 0.6) is 0 Å². The molecule has 0 bridgehead atoms. The van der Waals surface area contributed by atoms with E-state index in [0.29, 0.717) is 23.2 Å². The van der Waals surface area contributed by atoms with Crippen molar-refractivity contribution in [2.75, 3.05) is 5.32 Å². The van der Waals surface area contributed by atoms with Gasteiger partial charge in [0.15, 0.2) is 0 Å². The first-order valence-electron chi connectivity index (χ1n) is 10.7. The van der Waals surface area contributed by atoms with Crippen molar-refractivity contribution in [2.45, 2.75) is 49.6 Å². The number of sulfonamides is 1. The molecule has 1 amide bonds. The second-order valence-electron chi connectivity index (χ2n) is 7.75. The number of nitrogens with zero attached hydrogens (tertiary/aromatic N) is 2. The Morgan fingerprint density at radius 2 is 1.91 bits per heavy atom. The lowest BCUT2D eigenvalue weighted by Crippen LogP contribution is -2.22. The van der Waals surface area contributed by atoms with Crippen molar-refractivity contribution in [1.29, 1.82) is 0 Å². The summed E-state index contributed by atoms with van der Waals surface area (Å²) in [6, 6.07) is 11.8. The Bertz CT molecular complexity index is 1160. The van der Waals surface area contributed by atoms with E-state index in [-0.39, 0.29) is 17.3 Å². The van der Waals surface area contributed by atoms with Gasteiger partial charge in [-0.05, 0) is 48.7 Å². The minimum absolute atomic E-state index is 0.0780. The predicted octanol–water partition coefficient (Wildman–Crippen LogP) is 4.11. The van der Waals surface area contributed by atoms with Gasteiger partial charge in [0.25, 0.3) is 0 Å². The van der Waals surface area contributed by atoms with E-state index in [9.17, 15) is 13.2 Å². The molecule has 1 aromatic carbocycles. The highest BCUT2D eigenvalue weighted by molar-refractivity contribution is 7.89. The average Bonchev–Trinajstić information content (AvgIpc) is 3.49. The second kappa shape index (κ2) is 9.97. The highest BCUT2D eigenvalue weighted by Gasteiger charge is 2.19. The van der Waals surface area contributed by atoms with Crippen LogP contribution in [-0.4, -0.2) is 24.1 Å². The molecule has 0 saturated heterocycles. The van der Waals surface area contributed by atoms with Crippen molar-refractivity contribution >= 4 is 27.8 Å². The molecule has 0 radical (unpaired) electrons. The third-order valence-corrected chi connectivity index (χ3v) is 6.89. The van der Waals surface area contributed by atoms with Gasteiger partial charge < -0.3 is 9.73 Å². The molecule has 0 aliphatic heterocycles. The number of furan rings is 1. The molecule has 3 aromatic rings. The molecule has 2 aromatic heterocycles. The number of hydrogen-bond donors (Lipinski definition) is 2. The summed E-state index contributed by atoms with van der Waals surface area (Å²) in [6.45, 7) is 0.0780. The lowest BCUT2D eigenvalue weighted by atomic mass is 9.96. The van der Waals surface area contributed by atoms with Crippen LogP contribution in [0.4, 0.5) is 5.82 Å². The lowest BCUT2D eigenvalue weighted by molar-refractivity contribution is -0.111. The molecule has 0 spiro atoms. The number of hydrogen-bond acceptors (Lipinski definition) is 5. The van der Waals surface area contributed by atoms with Crippen LogP contribution in [0.3, 0.4) is 0 Å². The molecule has 0 unspecified atom stereocenters. The van der Waals surface area contributed by atoms with E-state index in [1.54, 1.807) is 42.6 Å². The minimum Gasteiger partial charge on any atom is -0.468 e. The summed E-state index contributed by atoms with van der Waals surface area (Å²) in [4.78, 5) is 12.5. The van der Waals surface area contributed by atoms with Crippen molar-refractivity contribution in [1.82, 2.24) is 14.5 Å². The fourth-order valence-corrected chi connectivity index (χ4v) is 4.78. The second-order valence-corrected chi connectivity index (χ2v) is 9.52. The summed E-state index contributed by atoms with van der Waals surface area (Å²) in [5.41, 5.74) is 0.714.